The number of aromatic nitrogens is 2. The second kappa shape index (κ2) is 11.5. The molecule has 0 aliphatic carbocycles. The Morgan fingerprint density at radius 1 is 1.33 bits per heavy atom. The summed E-state index contributed by atoms with van der Waals surface area (Å²) >= 11 is 0. The quantitative estimate of drug-likeness (QED) is 0.413. The number of Topliss-reactive ketones (excluding diaryl/α,β-unsaturated/α-hetero) is 1. The first-order chi connectivity index (χ1) is 12.8. The lowest BCUT2D eigenvalue weighted by atomic mass is 10.1. The van der Waals surface area contributed by atoms with Gasteiger partial charge in [-0.3, -0.25) is 23.9 Å². The number of nitrogens with zero attached hydrogens (tertiary/aromatic N) is 2. The SMILES string of the molecule is CCNC(CCCCN)CN(CC(C)=O)C(=O)Cn1cc(C)c(=O)[nH]c1=O. The third kappa shape index (κ3) is 7.88. The van der Waals surface area contributed by atoms with Crippen LogP contribution in [0.5, 0.6) is 0 Å². The van der Waals surface area contributed by atoms with E-state index < -0.39 is 11.2 Å². The van der Waals surface area contributed by atoms with Gasteiger partial charge in [-0.15, -0.1) is 0 Å². The summed E-state index contributed by atoms with van der Waals surface area (Å²) in [6.07, 6.45) is 4.02. The van der Waals surface area contributed by atoms with Crippen molar-refractivity contribution in [2.75, 3.05) is 26.2 Å². The molecule has 0 spiro atoms. The van der Waals surface area contributed by atoms with Gasteiger partial charge in [-0.25, -0.2) is 4.79 Å². The Morgan fingerprint density at radius 2 is 2.04 bits per heavy atom. The van der Waals surface area contributed by atoms with Gasteiger partial charge >= 0.3 is 5.69 Å². The van der Waals surface area contributed by atoms with E-state index >= 15 is 0 Å². The number of unbranched alkanes of at least 4 members (excludes halogenated alkanes) is 1. The number of hydrogen-bond donors (Lipinski definition) is 3. The van der Waals surface area contributed by atoms with Gasteiger partial charge < -0.3 is 16.0 Å². The highest BCUT2D eigenvalue weighted by molar-refractivity contribution is 5.84. The van der Waals surface area contributed by atoms with Gasteiger partial charge in [0.2, 0.25) is 5.91 Å². The third-order valence-corrected chi connectivity index (χ3v) is 4.20. The van der Waals surface area contributed by atoms with E-state index in [1.807, 2.05) is 6.92 Å². The molecule has 9 heteroatoms. The van der Waals surface area contributed by atoms with Gasteiger partial charge in [-0.2, -0.15) is 0 Å². The van der Waals surface area contributed by atoms with Crippen molar-refractivity contribution in [3.05, 3.63) is 32.6 Å². The van der Waals surface area contributed by atoms with Crippen LogP contribution in [0.1, 0.15) is 38.7 Å². The number of amides is 1. The molecule has 0 bridgehead atoms. The lowest BCUT2D eigenvalue weighted by Crippen LogP contribution is -2.47. The fourth-order valence-electron chi connectivity index (χ4n) is 2.85. The molecule has 1 unspecified atom stereocenters. The second-order valence-corrected chi connectivity index (χ2v) is 6.71. The number of H-pyrrole nitrogens is 1. The maximum atomic E-state index is 12.7. The molecule has 1 amide bonds. The molecule has 0 aromatic carbocycles. The Balaban J connectivity index is 2.92. The van der Waals surface area contributed by atoms with Crippen molar-refractivity contribution in [3.63, 3.8) is 0 Å². The van der Waals surface area contributed by atoms with Gasteiger partial charge in [0.05, 0.1) is 6.54 Å². The van der Waals surface area contributed by atoms with Crippen molar-refractivity contribution in [1.82, 2.24) is 19.8 Å². The van der Waals surface area contributed by atoms with E-state index in [0.717, 1.165) is 30.4 Å². The standard InChI is InChI=1S/C18H31N5O4/c1-4-20-15(7-5-6-8-19)11-22(10-14(3)24)16(25)12-23-9-13(2)17(26)21-18(23)27/h9,15,20H,4-8,10-12,19H2,1-3H3,(H,21,26,27). The van der Waals surface area contributed by atoms with E-state index in [-0.39, 0.29) is 30.8 Å². The molecule has 0 saturated carbocycles. The summed E-state index contributed by atoms with van der Waals surface area (Å²) in [6, 6.07) is 0.0406. The first-order valence-electron chi connectivity index (χ1n) is 9.29. The average molecular weight is 381 g/mol. The molecule has 0 radical (unpaired) electrons. The van der Waals surface area contributed by atoms with E-state index in [1.165, 1.54) is 18.0 Å². The minimum absolute atomic E-state index is 0.0191. The summed E-state index contributed by atoms with van der Waals surface area (Å²) in [5, 5.41) is 3.33. The molecule has 1 rings (SSSR count). The van der Waals surface area contributed by atoms with Crippen molar-refractivity contribution in [2.24, 2.45) is 5.73 Å². The Hall–Kier alpha value is -2.26. The molecule has 0 fully saturated rings. The van der Waals surface area contributed by atoms with Crippen LogP contribution in [0.3, 0.4) is 0 Å². The lowest BCUT2D eigenvalue weighted by molar-refractivity contribution is -0.135. The zero-order valence-corrected chi connectivity index (χ0v) is 16.4. The van der Waals surface area contributed by atoms with Gasteiger partial charge in [-0.1, -0.05) is 13.3 Å². The van der Waals surface area contributed by atoms with Gasteiger partial charge in [-0.05, 0) is 39.8 Å². The summed E-state index contributed by atoms with van der Waals surface area (Å²) in [5.41, 5.74) is 4.76. The molecule has 152 valence electrons. The van der Waals surface area contributed by atoms with Crippen LogP contribution in [-0.2, 0) is 16.1 Å². The van der Waals surface area contributed by atoms with Gasteiger partial charge in [0.15, 0.2) is 0 Å². The molecule has 1 aromatic rings. The fourth-order valence-corrected chi connectivity index (χ4v) is 2.85. The number of nitrogens with one attached hydrogen (secondary N) is 2. The fraction of sp³-hybridized carbons (Fsp3) is 0.667. The molecular formula is C18H31N5O4. The summed E-state index contributed by atoms with van der Waals surface area (Å²) in [4.78, 5) is 51.4. The number of nitrogens with two attached hydrogens (primary N) is 1. The Kier molecular flexibility index (Phi) is 9.66. The molecule has 0 aliphatic heterocycles. The van der Waals surface area contributed by atoms with E-state index in [0.29, 0.717) is 18.7 Å². The molecule has 1 aromatic heterocycles. The van der Waals surface area contributed by atoms with Gasteiger partial charge in [0.25, 0.3) is 5.56 Å². The van der Waals surface area contributed by atoms with Crippen LogP contribution in [0.4, 0.5) is 0 Å². The largest absolute Gasteiger partial charge is 0.332 e. The van der Waals surface area contributed by atoms with Gasteiger partial charge in [0, 0.05) is 24.3 Å². The Labute approximate surface area is 158 Å². The molecule has 0 aliphatic rings. The molecule has 4 N–H and O–H groups in total. The topological polar surface area (TPSA) is 130 Å². The highest BCUT2D eigenvalue weighted by Gasteiger charge is 2.20. The second-order valence-electron chi connectivity index (χ2n) is 6.71. The highest BCUT2D eigenvalue weighted by atomic mass is 16.2. The molecule has 1 heterocycles. The smallest absolute Gasteiger partial charge is 0.328 e. The number of aromatic amines is 1. The molecular weight excluding hydrogens is 350 g/mol. The van der Waals surface area contributed by atoms with E-state index in [4.69, 9.17) is 5.73 Å². The van der Waals surface area contributed by atoms with E-state index in [1.54, 1.807) is 6.92 Å². The Bertz CT molecular complexity index is 740. The van der Waals surface area contributed by atoms with Crippen molar-refractivity contribution >= 4 is 11.7 Å². The van der Waals surface area contributed by atoms with E-state index in [2.05, 4.69) is 10.3 Å². The molecule has 1 atom stereocenters. The van der Waals surface area contributed by atoms with Crippen molar-refractivity contribution in [2.45, 2.75) is 52.6 Å². The normalized spacial score (nSPS) is 12.0. The number of likely N-dealkylation sites (N-methyl/N-ethyl adjacent to an activating group) is 1. The zero-order valence-electron chi connectivity index (χ0n) is 16.4. The third-order valence-electron chi connectivity index (χ3n) is 4.20. The van der Waals surface area contributed by atoms with Crippen LogP contribution in [0.2, 0.25) is 0 Å². The number of carbonyl (C=O) groups is 2. The number of rotatable bonds is 12. The first kappa shape index (κ1) is 22.8. The van der Waals surface area contributed by atoms with Gasteiger partial charge in [0.1, 0.15) is 12.3 Å². The minimum atomic E-state index is -0.645. The minimum Gasteiger partial charge on any atom is -0.332 e. The lowest BCUT2D eigenvalue weighted by Gasteiger charge is -2.28. The van der Waals surface area contributed by atoms with Crippen molar-refractivity contribution in [3.8, 4) is 0 Å². The number of carbonyl (C=O) groups excluding carboxylic acids is 2. The van der Waals surface area contributed by atoms with Crippen LogP contribution in [0.15, 0.2) is 15.8 Å². The molecule has 0 saturated heterocycles. The highest BCUT2D eigenvalue weighted by Crippen LogP contribution is 2.05. The van der Waals surface area contributed by atoms with E-state index in [9.17, 15) is 19.2 Å². The molecule has 27 heavy (non-hydrogen) atoms. The predicted octanol–water partition coefficient (Wildman–Crippen LogP) is -0.630. The summed E-state index contributed by atoms with van der Waals surface area (Å²) < 4.78 is 1.16. The van der Waals surface area contributed by atoms with Crippen LogP contribution < -0.4 is 22.3 Å². The van der Waals surface area contributed by atoms with Crippen molar-refractivity contribution < 1.29 is 9.59 Å². The summed E-state index contributed by atoms with van der Waals surface area (Å²) in [6.45, 7) is 6.44. The predicted molar refractivity (Wildman–Crippen MR) is 104 cm³/mol. The van der Waals surface area contributed by atoms with Crippen LogP contribution in [0.25, 0.3) is 0 Å². The van der Waals surface area contributed by atoms with Crippen LogP contribution in [-0.4, -0.2) is 58.4 Å². The average Bonchev–Trinajstić information content (AvgIpc) is 2.59. The number of ketones is 1. The first-order valence-corrected chi connectivity index (χ1v) is 9.29. The van der Waals surface area contributed by atoms with Crippen LogP contribution >= 0.6 is 0 Å². The number of hydrogen-bond acceptors (Lipinski definition) is 6. The maximum absolute atomic E-state index is 12.7. The number of aryl methyl sites for hydroxylation is 1. The molecule has 9 nitrogen and oxygen atoms in total. The monoisotopic (exact) mass is 381 g/mol. The van der Waals surface area contributed by atoms with Crippen molar-refractivity contribution in [1.29, 1.82) is 0 Å². The summed E-state index contributed by atoms with van der Waals surface area (Å²) in [7, 11) is 0. The Morgan fingerprint density at radius 3 is 2.63 bits per heavy atom. The maximum Gasteiger partial charge on any atom is 0.328 e. The van der Waals surface area contributed by atoms with Crippen LogP contribution in [0, 0.1) is 6.92 Å². The zero-order chi connectivity index (χ0) is 20.4. The summed E-state index contributed by atoms with van der Waals surface area (Å²) in [5.74, 6) is -0.481.